The zero-order valence-electron chi connectivity index (χ0n) is 15.6. The van der Waals surface area contributed by atoms with Crippen LogP contribution < -0.4 is 5.32 Å². The van der Waals surface area contributed by atoms with Crippen molar-refractivity contribution in [2.24, 2.45) is 0 Å². The second-order valence-corrected chi connectivity index (χ2v) is 7.56. The van der Waals surface area contributed by atoms with Crippen molar-refractivity contribution in [2.75, 3.05) is 26.2 Å². The summed E-state index contributed by atoms with van der Waals surface area (Å²) in [5, 5.41) is 8.16. The molecule has 0 spiro atoms. The van der Waals surface area contributed by atoms with Crippen LogP contribution in [0.3, 0.4) is 0 Å². The first-order valence-electron chi connectivity index (χ1n) is 9.93. The number of benzene rings is 1. The standard InChI is InChI=1S/C21H26N6/c1-2-4-17(5-3-1)18-6-9-25(16-18)12-13-26-10-8-23-21(26)20-14-19-15-22-7-11-27(19)24-20/h1-5,8,10,14,18,22H,6-7,9,11-13,15-16H2. The minimum Gasteiger partial charge on any atom is -0.328 e. The van der Waals surface area contributed by atoms with Gasteiger partial charge in [0.2, 0.25) is 0 Å². The van der Waals surface area contributed by atoms with Crippen LogP contribution in [0, 0.1) is 0 Å². The second kappa shape index (κ2) is 7.29. The van der Waals surface area contributed by atoms with Crippen molar-refractivity contribution in [3.8, 4) is 11.5 Å². The van der Waals surface area contributed by atoms with Gasteiger partial charge in [-0.2, -0.15) is 5.10 Å². The third-order valence-corrected chi connectivity index (χ3v) is 5.81. The highest BCUT2D eigenvalue weighted by Gasteiger charge is 2.23. The molecule has 0 radical (unpaired) electrons. The number of hydrogen-bond donors (Lipinski definition) is 1. The van der Waals surface area contributed by atoms with Crippen molar-refractivity contribution in [2.45, 2.75) is 32.0 Å². The first-order valence-corrected chi connectivity index (χ1v) is 9.93. The fourth-order valence-corrected chi connectivity index (χ4v) is 4.31. The quantitative estimate of drug-likeness (QED) is 0.757. The number of nitrogens with zero attached hydrogens (tertiary/aromatic N) is 5. The Morgan fingerprint density at radius 3 is 2.93 bits per heavy atom. The lowest BCUT2D eigenvalue weighted by Crippen LogP contribution is -2.28. The summed E-state index contributed by atoms with van der Waals surface area (Å²) < 4.78 is 4.35. The minimum atomic E-state index is 0.667. The van der Waals surface area contributed by atoms with Gasteiger partial charge in [-0.3, -0.25) is 4.68 Å². The number of aromatic nitrogens is 4. The van der Waals surface area contributed by atoms with Crippen molar-refractivity contribution in [3.05, 3.63) is 60.0 Å². The van der Waals surface area contributed by atoms with Gasteiger partial charge in [0, 0.05) is 45.1 Å². The topological polar surface area (TPSA) is 50.9 Å². The monoisotopic (exact) mass is 362 g/mol. The van der Waals surface area contributed by atoms with Crippen molar-refractivity contribution in [1.82, 2.24) is 29.5 Å². The largest absolute Gasteiger partial charge is 0.328 e. The number of hydrogen-bond acceptors (Lipinski definition) is 4. The Morgan fingerprint density at radius 1 is 1.11 bits per heavy atom. The number of nitrogens with one attached hydrogen (secondary N) is 1. The van der Waals surface area contributed by atoms with E-state index in [-0.39, 0.29) is 0 Å². The summed E-state index contributed by atoms with van der Waals surface area (Å²) in [5.74, 6) is 1.65. The molecule has 1 atom stereocenters. The maximum Gasteiger partial charge on any atom is 0.160 e. The van der Waals surface area contributed by atoms with Crippen LogP contribution in [-0.4, -0.2) is 50.4 Å². The third-order valence-electron chi connectivity index (χ3n) is 5.81. The van der Waals surface area contributed by atoms with Crippen molar-refractivity contribution >= 4 is 0 Å². The molecule has 2 aromatic heterocycles. The van der Waals surface area contributed by atoms with Gasteiger partial charge in [-0.05, 0) is 30.5 Å². The van der Waals surface area contributed by atoms with Gasteiger partial charge in [0.15, 0.2) is 5.82 Å². The average molecular weight is 362 g/mol. The maximum absolute atomic E-state index is 4.77. The molecule has 6 heteroatoms. The number of fused-ring (bicyclic) bond motifs is 1. The van der Waals surface area contributed by atoms with Gasteiger partial charge in [-0.15, -0.1) is 0 Å². The molecule has 1 fully saturated rings. The normalized spacial score (nSPS) is 20.1. The lowest BCUT2D eigenvalue weighted by Gasteiger charge is -2.17. The molecule has 0 amide bonds. The molecular formula is C21H26N6. The molecule has 1 unspecified atom stereocenters. The smallest absolute Gasteiger partial charge is 0.160 e. The van der Waals surface area contributed by atoms with E-state index in [1.165, 1.54) is 24.2 Å². The zero-order valence-corrected chi connectivity index (χ0v) is 15.6. The third kappa shape index (κ3) is 3.42. The molecule has 1 saturated heterocycles. The lowest BCUT2D eigenvalue weighted by molar-refractivity contribution is 0.319. The van der Waals surface area contributed by atoms with Gasteiger partial charge in [-0.25, -0.2) is 4.98 Å². The van der Waals surface area contributed by atoms with Crippen LogP contribution in [-0.2, 0) is 19.6 Å². The first kappa shape index (κ1) is 16.7. The van der Waals surface area contributed by atoms with E-state index >= 15 is 0 Å². The Morgan fingerprint density at radius 2 is 2.04 bits per heavy atom. The van der Waals surface area contributed by atoms with Crippen molar-refractivity contribution in [1.29, 1.82) is 0 Å². The van der Waals surface area contributed by atoms with Crippen LogP contribution in [0.1, 0.15) is 23.6 Å². The second-order valence-electron chi connectivity index (χ2n) is 7.56. The molecule has 0 saturated carbocycles. The van der Waals surface area contributed by atoms with E-state index in [0.29, 0.717) is 5.92 Å². The van der Waals surface area contributed by atoms with Crippen LogP contribution >= 0.6 is 0 Å². The molecule has 4 heterocycles. The summed E-state index contributed by atoms with van der Waals surface area (Å²) >= 11 is 0. The average Bonchev–Trinajstić information content (AvgIpc) is 3.45. The summed E-state index contributed by atoms with van der Waals surface area (Å²) in [4.78, 5) is 7.16. The molecule has 0 aliphatic carbocycles. The van der Waals surface area contributed by atoms with Gasteiger partial charge in [-0.1, -0.05) is 30.3 Å². The Labute approximate surface area is 159 Å². The van der Waals surface area contributed by atoms with E-state index in [2.05, 4.69) is 67.0 Å². The number of likely N-dealkylation sites (tertiary alicyclic amines) is 1. The molecule has 5 rings (SSSR count). The molecule has 2 aliphatic rings. The predicted octanol–water partition coefficient (Wildman–Crippen LogP) is 2.34. The Kier molecular flexibility index (Phi) is 4.51. The molecule has 27 heavy (non-hydrogen) atoms. The first-order chi connectivity index (χ1) is 13.4. The van der Waals surface area contributed by atoms with Crippen LogP contribution in [0.5, 0.6) is 0 Å². The Hall–Kier alpha value is -2.44. The molecule has 0 bridgehead atoms. The summed E-state index contributed by atoms with van der Waals surface area (Å²) in [6.45, 7) is 7.15. The zero-order chi connectivity index (χ0) is 18.1. The SMILES string of the molecule is c1ccc(C2CCN(CCn3ccnc3-c3cc4n(n3)CCNC4)C2)cc1. The molecule has 3 aromatic rings. The summed E-state index contributed by atoms with van der Waals surface area (Å²) in [6.07, 6.45) is 5.22. The Bertz CT molecular complexity index is 873. The summed E-state index contributed by atoms with van der Waals surface area (Å²) in [6, 6.07) is 13.1. The molecule has 6 nitrogen and oxygen atoms in total. The van der Waals surface area contributed by atoms with E-state index in [4.69, 9.17) is 5.10 Å². The van der Waals surface area contributed by atoms with Crippen molar-refractivity contribution < 1.29 is 0 Å². The van der Waals surface area contributed by atoms with Crippen LogP contribution in [0.4, 0.5) is 0 Å². The fourth-order valence-electron chi connectivity index (χ4n) is 4.31. The van der Waals surface area contributed by atoms with Gasteiger partial charge in [0.25, 0.3) is 0 Å². The molecule has 2 aliphatic heterocycles. The van der Waals surface area contributed by atoms with E-state index in [1.54, 1.807) is 0 Å². The molecule has 1 aromatic carbocycles. The maximum atomic E-state index is 4.77. The van der Waals surface area contributed by atoms with E-state index in [1.807, 2.05) is 6.20 Å². The number of imidazole rings is 1. The Balaban J connectivity index is 1.24. The highest BCUT2D eigenvalue weighted by Crippen LogP contribution is 2.27. The van der Waals surface area contributed by atoms with Crippen LogP contribution in [0.15, 0.2) is 48.8 Å². The van der Waals surface area contributed by atoms with E-state index < -0.39 is 0 Å². The highest BCUT2D eigenvalue weighted by atomic mass is 15.3. The summed E-state index contributed by atoms with van der Waals surface area (Å²) in [7, 11) is 0. The van der Waals surface area contributed by atoms with Crippen LogP contribution in [0.2, 0.25) is 0 Å². The minimum absolute atomic E-state index is 0.667. The highest BCUT2D eigenvalue weighted by molar-refractivity contribution is 5.50. The molecular weight excluding hydrogens is 336 g/mol. The van der Waals surface area contributed by atoms with Gasteiger partial charge < -0.3 is 14.8 Å². The van der Waals surface area contributed by atoms with E-state index in [0.717, 1.165) is 50.8 Å². The van der Waals surface area contributed by atoms with Crippen molar-refractivity contribution in [3.63, 3.8) is 0 Å². The number of rotatable bonds is 5. The molecule has 1 N–H and O–H groups in total. The van der Waals surface area contributed by atoms with Gasteiger partial charge in [0.05, 0.1) is 12.2 Å². The van der Waals surface area contributed by atoms with Gasteiger partial charge in [0.1, 0.15) is 5.69 Å². The fraction of sp³-hybridized carbons (Fsp3) is 0.429. The van der Waals surface area contributed by atoms with Crippen LogP contribution in [0.25, 0.3) is 11.5 Å². The van der Waals surface area contributed by atoms with E-state index in [9.17, 15) is 0 Å². The predicted molar refractivity (Wildman–Crippen MR) is 105 cm³/mol. The lowest BCUT2D eigenvalue weighted by atomic mass is 9.99. The molecule has 140 valence electrons. The van der Waals surface area contributed by atoms with Gasteiger partial charge >= 0.3 is 0 Å². The summed E-state index contributed by atoms with van der Waals surface area (Å²) in [5.41, 5.74) is 3.71.